The minimum Gasteiger partial charge on any atom is -0.312 e. The third-order valence-corrected chi connectivity index (χ3v) is 3.26. The van der Waals surface area contributed by atoms with E-state index in [2.05, 4.69) is 27.5 Å². The number of thiazole rings is 1. The number of piperazine rings is 1. The van der Waals surface area contributed by atoms with Crippen LogP contribution in [0.1, 0.15) is 12.6 Å². The minimum absolute atomic E-state index is 0.638. The van der Waals surface area contributed by atoms with Gasteiger partial charge in [0.15, 0.2) is 0 Å². The van der Waals surface area contributed by atoms with Gasteiger partial charge in [0, 0.05) is 44.0 Å². The molecule has 14 heavy (non-hydrogen) atoms. The lowest BCUT2D eigenvalue weighted by atomic mass is 10.2. The minimum atomic E-state index is 0.638. The SMILES string of the molecule is CC1CN(CCc2cscn2)CCN1. The molecule has 1 saturated heterocycles. The quantitative estimate of drug-likeness (QED) is 0.808. The lowest BCUT2D eigenvalue weighted by molar-refractivity contribution is 0.209. The van der Waals surface area contributed by atoms with Crippen LogP contribution in [0.2, 0.25) is 0 Å². The first kappa shape index (κ1) is 10.1. The lowest BCUT2D eigenvalue weighted by Crippen LogP contribution is -2.49. The molecular formula is C10H17N3S. The zero-order valence-electron chi connectivity index (χ0n) is 8.57. The summed E-state index contributed by atoms with van der Waals surface area (Å²) in [5, 5.41) is 5.59. The van der Waals surface area contributed by atoms with E-state index in [0.29, 0.717) is 6.04 Å². The first-order chi connectivity index (χ1) is 6.84. The molecular weight excluding hydrogens is 194 g/mol. The number of hydrogen-bond acceptors (Lipinski definition) is 4. The van der Waals surface area contributed by atoms with Crippen LogP contribution in [0.15, 0.2) is 10.9 Å². The molecule has 1 aliphatic heterocycles. The molecule has 1 aliphatic rings. The molecule has 0 saturated carbocycles. The molecule has 1 aromatic heterocycles. The normalized spacial score (nSPS) is 23.9. The van der Waals surface area contributed by atoms with Crippen molar-refractivity contribution in [2.45, 2.75) is 19.4 Å². The average molecular weight is 211 g/mol. The zero-order valence-corrected chi connectivity index (χ0v) is 9.39. The van der Waals surface area contributed by atoms with Crippen LogP contribution in [0.5, 0.6) is 0 Å². The van der Waals surface area contributed by atoms with Crippen LogP contribution in [-0.4, -0.2) is 42.1 Å². The molecule has 78 valence electrons. The number of nitrogens with one attached hydrogen (secondary N) is 1. The van der Waals surface area contributed by atoms with Crippen molar-refractivity contribution in [3.63, 3.8) is 0 Å². The van der Waals surface area contributed by atoms with Crippen LogP contribution in [-0.2, 0) is 6.42 Å². The maximum absolute atomic E-state index is 4.30. The number of rotatable bonds is 3. The van der Waals surface area contributed by atoms with E-state index in [1.807, 2.05) is 5.51 Å². The Labute approximate surface area is 89.1 Å². The van der Waals surface area contributed by atoms with Gasteiger partial charge >= 0.3 is 0 Å². The number of aromatic nitrogens is 1. The smallest absolute Gasteiger partial charge is 0.0794 e. The molecule has 2 heterocycles. The highest BCUT2D eigenvalue weighted by molar-refractivity contribution is 7.07. The maximum Gasteiger partial charge on any atom is 0.0794 e. The van der Waals surface area contributed by atoms with E-state index in [1.54, 1.807) is 11.3 Å². The Bertz CT molecular complexity index is 260. The van der Waals surface area contributed by atoms with Crippen LogP contribution in [0.4, 0.5) is 0 Å². The van der Waals surface area contributed by atoms with Gasteiger partial charge in [0.25, 0.3) is 0 Å². The summed E-state index contributed by atoms with van der Waals surface area (Å²) in [5.74, 6) is 0. The summed E-state index contributed by atoms with van der Waals surface area (Å²) in [7, 11) is 0. The molecule has 4 heteroatoms. The van der Waals surface area contributed by atoms with Crippen molar-refractivity contribution in [1.29, 1.82) is 0 Å². The van der Waals surface area contributed by atoms with Crippen molar-refractivity contribution in [2.24, 2.45) is 0 Å². The molecule has 0 spiro atoms. The average Bonchev–Trinajstić information content (AvgIpc) is 2.67. The maximum atomic E-state index is 4.30. The van der Waals surface area contributed by atoms with E-state index in [4.69, 9.17) is 0 Å². The molecule has 0 amide bonds. The van der Waals surface area contributed by atoms with Crippen molar-refractivity contribution < 1.29 is 0 Å². The molecule has 0 aromatic carbocycles. The predicted octanol–water partition coefficient (Wildman–Crippen LogP) is 0.979. The topological polar surface area (TPSA) is 28.2 Å². The standard InChI is InChI=1S/C10H17N3S/c1-9-6-13(5-3-11-9)4-2-10-7-14-8-12-10/h7-9,11H,2-6H2,1H3. The second-order valence-electron chi connectivity index (χ2n) is 3.89. The monoisotopic (exact) mass is 211 g/mol. The van der Waals surface area contributed by atoms with Gasteiger partial charge in [0.05, 0.1) is 11.2 Å². The second-order valence-corrected chi connectivity index (χ2v) is 4.60. The highest BCUT2D eigenvalue weighted by Gasteiger charge is 2.14. The fourth-order valence-electron chi connectivity index (χ4n) is 1.85. The molecule has 0 aliphatic carbocycles. The van der Waals surface area contributed by atoms with E-state index >= 15 is 0 Å². The molecule has 1 unspecified atom stereocenters. The van der Waals surface area contributed by atoms with Gasteiger partial charge in [-0.25, -0.2) is 4.98 Å². The summed E-state index contributed by atoms with van der Waals surface area (Å²) in [6.07, 6.45) is 1.09. The second kappa shape index (κ2) is 4.87. The van der Waals surface area contributed by atoms with Crippen LogP contribution in [0.3, 0.4) is 0 Å². The van der Waals surface area contributed by atoms with E-state index in [-0.39, 0.29) is 0 Å². The molecule has 1 aromatic rings. The molecule has 1 atom stereocenters. The van der Waals surface area contributed by atoms with Gasteiger partial charge in [0.2, 0.25) is 0 Å². The highest BCUT2D eigenvalue weighted by Crippen LogP contribution is 2.04. The fraction of sp³-hybridized carbons (Fsp3) is 0.700. The van der Waals surface area contributed by atoms with Crippen molar-refractivity contribution in [1.82, 2.24) is 15.2 Å². The van der Waals surface area contributed by atoms with Crippen LogP contribution in [0, 0.1) is 0 Å². The lowest BCUT2D eigenvalue weighted by Gasteiger charge is -2.31. The third-order valence-electron chi connectivity index (χ3n) is 2.62. The Balaban J connectivity index is 1.75. The summed E-state index contributed by atoms with van der Waals surface area (Å²) in [6.45, 7) is 6.86. The fourth-order valence-corrected chi connectivity index (χ4v) is 2.44. The van der Waals surface area contributed by atoms with E-state index in [1.165, 1.54) is 18.8 Å². The summed E-state index contributed by atoms with van der Waals surface area (Å²) < 4.78 is 0. The summed E-state index contributed by atoms with van der Waals surface area (Å²) in [6, 6.07) is 0.638. The van der Waals surface area contributed by atoms with Crippen LogP contribution < -0.4 is 5.32 Å². The molecule has 1 fully saturated rings. The number of hydrogen-bond donors (Lipinski definition) is 1. The van der Waals surface area contributed by atoms with Crippen LogP contribution in [0.25, 0.3) is 0 Å². The van der Waals surface area contributed by atoms with Gasteiger partial charge in [-0.2, -0.15) is 0 Å². The molecule has 0 bridgehead atoms. The largest absolute Gasteiger partial charge is 0.312 e. The van der Waals surface area contributed by atoms with Crippen molar-refractivity contribution in [3.05, 3.63) is 16.6 Å². The van der Waals surface area contributed by atoms with Crippen LogP contribution >= 0.6 is 11.3 Å². The van der Waals surface area contributed by atoms with Gasteiger partial charge in [-0.05, 0) is 6.92 Å². The van der Waals surface area contributed by atoms with Crippen molar-refractivity contribution in [2.75, 3.05) is 26.2 Å². The van der Waals surface area contributed by atoms with E-state index in [0.717, 1.165) is 19.5 Å². The van der Waals surface area contributed by atoms with Crippen molar-refractivity contribution in [3.8, 4) is 0 Å². The molecule has 1 N–H and O–H groups in total. The Hall–Kier alpha value is -0.450. The zero-order chi connectivity index (χ0) is 9.80. The molecule has 2 rings (SSSR count). The molecule has 3 nitrogen and oxygen atoms in total. The summed E-state index contributed by atoms with van der Waals surface area (Å²) in [4.78, 5) is 6.81. The first-order valence-electron chi connectivity index (χ1n) is 5.17. The first-order valence-corrected chi connectivity index (χ1v) is 6.11. The van der Waals surface area contributed by atoms with Gasteiger partial charge in [0.1, 0.15) is 0 Å². The van der Waals surface area contributed by atoms with E-state index in [9.17, 15) is 0 Å². The highest BCUT2D eigenvalue weighted by atomic mass is 32.1. The summed E-state index contributed by atoms with van der Waals surface area (Å²) in [5.41, 5.74) is 3.15. The van der Waals surface area contributed by atoms with Gasteiger partial charge in [-0.1, -0.05) is 0 Å². The Morgan fingerprint density at radius 3 is 3.36 bits per heavy atom. The Kier molecular flexibility index (Phi) is 3.50. The summed E-state index contributed by atoms with van der Waals surface area (Å²) >= 11 is 1.68. The van der Waals surface area contributed by atoms with Gasteiger partial charge < -0.3 is 10.2 Å². The third kappa shape index (κ3) is 2.77. The van der Waals surface area contributed by atoms with Gasteiger partial charge in [-0.15, -0.1) is 11.3 Å². The number of nitrogens with zero attached hydrogens (tertiary/aromatic N) is 2. The van der Waals surface area contributed by atoms with Gasteiger partial charge in [-0.3, -0.25) is 0 Å². The Morgan fingerprint density at radius 1 is 1.71 bits per heavy atom. The van der Waals surface area contributed by atoms with E-state index < -0.39 is 0 Å². The Morgan fingerprint density at radius 2 is 2.64 bits per heavy atom. The van der Waals surface area contributed by atoms with Crippen molar-refractivity contribution >= 4 is 11.3 Å². The predicted molar refractivity (Wildman–Crippen MR) is 59.7 cm³/mol. The molecule has 0 radical (unpaired) electrons.